The van der Waals surface area contributed by atoms with Crippen molar-refractivity contribution >= 4 is 0 Å². The van der Waals surface area contributed by atoms with E-state index in [2.05, 4.69) is 13.8 Å². The van der Waals surface area contributed by atoms with Crippen molar-refractivity contribution in [2.75, 3.05) is 35.0 Å². The molecule has 0 amide bonds. The van der Waals surface area contributed by atoms with Gasteiger partial charge >= 0.3 is 0 Å². The molecular formula is C22H28O7. The van der Waals surface area contributed by atoms with Crippen LogP contribution in [0.4, 0.5) is 0 Å². The van der Waals surface area contributed by atoms with Crippen molar-refractivity contribution in [1.82, 2.24) is 0 Å². The third kappa shape index (κ3) is 3.19. The van der Waals surface area contributed by atoms with Crippen LogP contribution in [0.15, 0.2) is 24.3 Å². The van der Waals surface area contributed by atoms with Crippen molar-refractivity contribution in [1.29, 1.82) is 0 Å². The van der Waals surface area contributed by atoms with E-state index in [1.54, 1.807) is 24.3 Å². The van der Waals surface area contributed by atoms with E-state index >= 15 is 0 Å². The number of ether oxygens (including phenoxy) is 5. The maximum absolute atomic E-state index is 10.4. The van der Waals surface area contributed by atoms with Crippen molar-refractivity contribution in [2.24, 2.45) is 11.8 Å². The Balaban J connectivity index is 2.33. The molecule has 7 heteroatoms. The van der Waals surface area contributed by atoms with Gasteiger partial charge in [0.15, 0.2) is 23.0 Å². The number of methoxy groups -OCH3 is 4. The number of phenols is 2. The number of hydrogen-bond donors (Lipinski definition) is 2. The fraction of sp³-hybridized carbons (Fsp3) is 0.455. The summed E-state index contributed by atoms with van der Waals surface area (Å²) in [6.07, 6.45) is 0. The molecule has 1 heterocycles. The monoisotopic (exact) mass is 404 g/mol. The van der Waals surface area contributed by atoms with Crippen molar-refractivity contribution in [3.63, 3.8) is 0 Å². The Kier molecular flexibility index (Phi) is 5.71. The molecule has 0 unspecified atom stereocenters. The van der Waals surface area contributed by atoms with Crippen LogP contribution in [0.25, 0.3) is 0 Å². The lowest BCUT2D eigenvalue weighted by Gasteiger charge is -2.36. The average Bonchev–Trinajstić information content (AvgIpc) is 3.04. The first-order valence-corrected chi connectivity index (χ1v) is 9.38. The fourth-order valence-electron chi connectivity index (χ4n) is 4.01. The Hall–Kier alpha value is -2.80. The fourth-order valence-corrected chi connectivity index (χ4v) is 4.01. The third-order valence-electron chi connectivity index (χ3n) is 5.89. The van der Waals surface area contributed by atoms with Crippen LogP contribution in [-0.4, -0.2) is 45.3 Å². The maximum Gasteiger partial charge on any atom is 0.200 e. The summed E-state index contributed by atoms with van der Waals surface area (Å²) in [5.74, 6) is 1.30. The summed E-state index contributed by atoms with van der Waals surface area (Å²) in [6.45, 7) is 4.77. The standard InChI is InChI=1S/C22H28O7/c1-12-11-29-22(13(12)2,14-7-16(25-3)20(23)17(8-14)26-4)15-9-18(27-5)21(24)19(10-15)28-6/h7-10,12-13,23-24H,11H2,1-6H3/t12-,13+/m0/s1. The van der Waals surface area contributed by atoms with Crippen LogP contribution < -0.4 is 18.9 Å². The van der Waals surface area contributed by atoms with Crippen molar-refractivity contribution < 1.29 is 33.9 Å². The molecule has 1 fully saturated rings. The van der Waals surface area contributed by atoms with E-state index in [4.69, 9.17) is 23.7 Å². The van der Waals surface area contributed by atoms with Gasteiger partial charge in [-0.3, -0.25) is 0 Å². The molecule has 0 aliphatic carbocycles. The van der Waals surface area contributed by atoms with Gasteiger partial charge in [-0.05, 0) is 47.2 Å². The summed E-state index contributed by atoms with van der Waals surface area (Å²) in [4.78, 5) is 0. The zero-order chi connectivity index (χ0) is 21.3. The van der Waals surface area contributed by atoms with Crippen LogP contribution in [0.5, 0.6) is 34.5 Å². The summed E-state index contributed by atoms with van der Waals surface area (Å²) in [7, 11) is 5.94. The van der Waals surface area contributed by atoms with E-state index in [1.165, 1.54) is 28.4 Å². The molecule has 29 heavy (non-hydrogen) atoms. The van der Waals surface area contributed by atoms with Gasteiger partial charge in [-0.25, -0.2) is 0 Å². The maximum atomic E-state index is 10.4. The van der Waals surface area contributed by atoms with E-state index in [0.29, 0.717) is 6.61 Å². The molecule has 1 aliphatic rings. The van der Waals surface area contributed by atoms with Crippen LogP contribution in [0.2, 0.25) is 0 Å². The molecule has 0 radical (unpaired) electrons. The van der Waals surface area contributed by atoms with Gasteiger partial charge in [0.2, 0.25) is 11.5 Å². The molecule has 1 saturated heterocycles. The minimum absolute atomic E-state index is 0.0559. The van der Waals surface area contributed by atoms with Crippen LogP contribution in [0.3, 0.4) is 0 Å². The number of aromatic hydroxyl groups is 2. The largest absolute Gasteiger partial charge is 0.502 e. The van der Waals surface area contributed by atoms with Crippen molar-refractivity contribution in [3.8, 4) is 34.5 Å². The number of benzene rings is 2. The zero-order valence-electron chi connectivity index (χ0n) is 17.6. The highest BCUT2D eigenvalue weighted by Gasteiger charge is 2.49. The number of phenolic OH excluding ortho intramolecular Hbond substituents is 2. The van der Waals surface area contributed by atoms with E-state index in [9.17, 15) is 10.2 Å². The smallest absolute Gasteiger partial charge is 0.200 e. The molecular weight excluding hydrogens is 376 g/mol. The molecule has 3 rings (SSSR count). The second kappa shape index (κ2) is 7.91. The highest BCUT2D eigenvalue weighted by atomic mass is 16.5. The lowest BCUT2D eigenvalue weighted by molar-refractivity contribution is 0.0134. The van der Waals surface area contributed by atoms with Crippen LogP contribution in [0, 0.1) is 11.8 Å². The molecule has 7 nitrogen and oxygen atoms in total. The summed E-state index contributed by atoms with van der Waals surface area (Å²) in [5, 5.41) is 20.7. The first kappa shape index (κ1) is 20.9. The van der Waals surface area contributed by atoms with Gasteiger partial charge in [0.05, 0.1) is 35.0 Å². The van der Waals surface area contributed by atoms with Crippen LogP contribution in [-0.2, 0) is 10.3 Å². The van der Waals surface area contributed by atoms with Gasteiger partial charge < -0.3 is 33.9 Å². The quantitative estimate of drug-likeness (QED) is 0.759. The second-order valence-corrected chi connectivity index (χ2v) is 7.27. The van der Waals surface area contributed by atoms with Gasteiger partial charge in [-0.2, -0.15) is 0 Å². The predicted octanol–water partition coefficient (Wildman–Crippen LogP) is 3.68. The molecule has 0 saturated carbocycles. The molecule has 2 N–H and O–H groups in total. The van der Waals surface area contributed by atoms with Crippen molar-refractivity contribution in [3.05, 3.63) is 35.4 Å². The van der Waals surface area contributed by atoms with Crippen LogP contribution >= 0.6 is 0 Å². The molecule has 2 aromatic rings. The SMILES string of the molecule is COc1cc(C2(c3cc(OC)c(O)c(OC)c3)OC[C@H](C)[C@H]2C)cc(OC)c1O. The Bertz CT molecular complexity index is 781. The Morgan fingerprint density at radius 1 is 0.759 bits per heavy atom. The Labute approximate surface area is 170 Å². The molecule has 1 aliphatic heterocycles. The van der Waals surface area contributed by atoms with Gasteiger partial charge in [0.25, 0.3) is 0 Å². The van der Waals surface area contributed by atoms with Crippen LogP contribution in [0.1, 0.15) is 25.0 Å². The summed E-state index contributed by atoms with van der Waals surface area (Å²) in [6, 6.07) is 6.99. The third-order valence-corrected chi connectivity index (χ3v) is 5.89. The Morgan fingerprint density at radius 3 is 1.34 bits per heavy atom. The lowest BCUT2D eigenvalue weighted by atomic mass is 9.74. The van der Waals surface area contributed by atoms with E-state index in [-0.39, 0.29) is 46.3 Å². The molecule has 158 valence electrons. The molecule has 0 aromatic heterocycles. The Morgan fingerprint density at radius 2 is 1.10 bits per heavy atom. The predicted molar refractivity (Wildman–Crippen MR) is 107 cm³/mol. The molecule has 0 spiro atoms. The summed E-state index contributed by atoms with van der Waals surface area (Å²) < 4.78 is 27.9. The topological polar surface area (TPSA) is 86.6 Å². The van der Waals surface area contributed by atoms with Gasteiger partial charge in [0, 0.05) is 0 Å². The van der Waals surface area contributed by atoms with Gasteiger partial charge in [-0.15, -0.1) is 0 Å². The average molecular weight is 404 g/mol. The van der Waals surface area contributed by atoms with Crippen molar-refractivity contribution in [2.45, 2.75) is 19.4 Å². The minimum atomic E-state index is -0.887. The summed E-state index contributed by atoms with van der Waals surface area (Å²) >= 11 is 0. The number of hydrogen-bond acceptors (Lipinski definition) is 7. The normalized spacial score (nSPS) is 20.3. The first-order valence-electron chi connectivity index (χ1n) is 9.38. The number of rotatable bonds is 6. The highest BCUT2D eigenvalue weighted by Crippen LogP contribution is 2.54. The van der Waals surface area contributed by atoms with Gasteiger partial charge in [-0.1, -0.05) is 13.8 Å². The molecule has 2 aromatic carbocycles. The van der Waals surface area contributed by atoms with E-state index in [1.807, 2.05) is 0 Å². The minimum Gasteiger partial charge on any atom is -0.502 e. The molecule has 2 atom stereocenters. The van der Waals surface area contributed by atoms with Gasteiger partial charge in [0.1, 0.15) is 5.60 Å². The zero-order valence-corrected chi connectivity index (χ0v) is 17.6. The van der Waals surface area contributed by atoms with E-state index < -0.39 is 5.60 Å². The van der Waals surface area contributed by atoms with E-state index in [0.717, 1.165) is 11.1 Å². The lowest BCUT2D eigenvalue weighted by Crippen LogP contribution is -2.34. The molecule has 0 bridgehead atoms. The summed E-state index contributed by atoms with van der Waals surface area (Å²) in [5.41, 5.74) is 0.633. The highest BCUT2D eigenvalue weighted by molar-refractivity contribution is 5.59. The second-order valence-electron chi connectivity index (χ2n) is 7.27. The first-order chi connectivity index (χ1) is 13.8.